The first kappa shape index (κ1) is 16.7. The second-order valence-corrected chi connectivity index (χ2v) is 7.38. The van der Waals surface area contributed by atoms with Gasteiger partial charge in [0, 0.05) is 25.0 Å². The van der Waals surface area contributed by atoms with Crippen LogP contribution in [0, 0.1) is 11.8 Å². The van der Waals surface area contributed by atoms with Gasteiger partial charge in [-0.2, -0.15) is 0 Å². The quantitative estimate of drug-likeness (QED) is 0.819. The fraction of sp³-hybridized carbons (Fsp3) is 0.938. The number of nitrogens with zero attached hydrogens (tertiary/aromatic N) is 1. The molecule has 0 aromatic heterocycles. The summed E-state index contributed by atoms with van der Waals surface area (Å²) in [4.78, 5) is 14.7. The number of aliphatic hydroxyl groups is 1. The third-order valence-electron chi connectivity index (χ3n) is 4.85. The molecule has 1 aliphatic carbocycles. The molecule has 3 N–H and O–H groups in total. The standard InChI is InChI=1S/C16H30N2O3/c1-11(12-5-4-6-13(17)7-12)15(20)18-8-14(9-19)21-16(2,3)10-18/h11-14,19H,4-10,17H2,1-3H3. The molecule has 0 radical (unpaired) electrons. The van der Waals surface area contributed by atoms with E-state index in [9.17, 15) is 9.90 Å². The van der Waals surface area contributed by atoms with Gasteiger partial charge in [0.05, 0.1) is 18.3 Å². The molecule has 0 bridgehead atoms. The summed E-state index contributed by atoms with van der Waals surface area (Å²) in [6, 6.07) is 0.241. The van der Waals surface area contributed by atoms with Gasteiger partial charge in [0.2, 0.25) is 5.91 Å². The van der Waals surface area contributed by atoms with Gasteiger partial charge in [0.15, 0.2) is 0 Å². The summed E-state index contributed by atoms with van der Waals surface area (Å²) in [5.41, 5.74) is 5.65. The first-order valence-electron chi connectivity index (χ1n) is 8.15. The Morgan fingerprint density at radius 3 is 2.81 bits per heavy atom. The average Bonchev–Trinajstić information content (AvgIpc) is 2.44. The van der Waals surface area contributed by atoms with Crippen molar-refractivity contribution >= 4 is 5.91 Å². The van der Waals surface area contributed by atoms with Crippen LogP contribution in [0.15, 0.2) is 0 Å². The fourth-order valence-corrected chi connectivity index (χ4v) is 3.77. The number of nitrogens with two attached hydrogens (primary N) is 1. The van der Waals surface area contributed by atoms with E-state index in [2.05, 4.69) is 0 Å². The van der Waals surface area contributed by atoms with Crippen molar-refractivity contribution in [1.82, 2.24) is 4.90 Å². The summed E-state index contributed by atoms with van der Waals surface area (Å²) >= 11 is 0. The SMILES string of the molecule is CC(C(=O)N1CC(CO)OC(C)(C)C1)C1CCCC(N)C1. The molecule has 5 nitrogen and oxygen atoms in total. The van der Waals surface area contributed by atoms with Crippen molar-refractivity contribution in [2.75, 3.05) is 19.7 Å². The van der Waals surface area contributed by atoms with Crippen LogP contribution in [0.5, 0.6) is 0 Å². The normalized spacial score (nSPS) is 34.5. The minimum absolute atomic E-state index is 0.00425. The first-order valence-corrected chi connectivity index (χ1v) is 8.15. The molecule has 4 atom stereocenters. The summed E-state index contributed by atoms with van der Waals surface area (Å²) in [5.74, 6) is 0.577. The Bertz CT molecular complexity index is 373. The van der Waals surface area contributed by atoms with Crippen molar-refractivity contribution in [1.29, 1.82) is 0 Å². The van der Waals surface area contributed by atoms with Gasteiger partial charge in [-0.25, -0.2) is 0 Å². The summed E-state index contributed by atoms with van der Waals surface area (Å²) in [7, 11) is 0. The van der Waals surface area contributed by atoms with E-state index >= 15 is 0 Å². The zero-order chi connectivity index (χ0) is 15.6. The van der Waals surface area contributed by atoms with E-state index in [1.807, 2.05) is 25.7 Å². The number of ether oxygens (including phenoxy) is 1. The van der Waals surface area contributed by atoms with Crippen LogP contribution < -0.4 is 5.73 Å². The summed E-state index contributed by atoms with van der Waals surface area (Å²) < 4.78 is 5.78. The molecule has 1 saturated heterocycles. The maximum atomic E-state index is 12.8. The van der Waals surface area contributed by atoms with Crippen LogP contribution in [0.4, 0.5) is 0 Å². The first-order chi connectivity index (χ1) is 9.82. The van der Waals surface area contributed by atoms with E-state index in [0.717, 1.165) is 25.7 Å². The van der Waals surface area contributed by atoms with Crippen molar-refractivity contribution < 1.29 is 14.6 Å². The fourth-order valence-electron chi connectivity index (χ4n) is 3.77. The lowest BCUT2D eigenvalue weighted by atomic mass is 9.78. The lowest BCUT2D eigenvalue weighted by molar-refractivity contribution is -0.170. The zero-order valence-electron chi connectivity index (χ0n) is 13.5. The van der Waals surface area contributed by atoms with Crippen LogP contribution >= 0.6 is 0 Å². The van der Waals surface area contributed by atoms with Crippen molar-refractivity contribution in [2.45, 2.75) is 64.2 Å². The number of aliphatic hydroxyl groups excluding tert-OH is 1. The Labute approximate surface area is 127 Å². The van der Waals surface area contributed by atoms with Gasteiger partial charge < -0.3 is 20.5 Å². The minimum Gasteiger partial charge on any atom is -0.394 e. The summed E-state index contributed by atoms with van der Waals surface area (Å²) in [6.45, 7) is 7.00. The molecule has 1 saturated carbocycles. The van der Waals surface area contributed by atoms with Crippen LogP contribution in [-0.4, -0.2) is 53.4 Å². The molecule has 0 aromatic carbocycles. The second-order valence-electron chi connectivity index (χ2n) is 7.38. The Kier molecular flexibility index (Phi) is 5.28. The van der Waals surface area contributed by atoms with Gasteiger partial charge >= 0.3 is 0 Å². The lowest BCUT2D eigenvalue weighted by Gasteiger charge is -2.44. The van der Waals surface area contributed by atoms with E-state index in [4.69, 9.17) is 10.5 Å². The Balaban J connectivity index is 2.00. The van der Waals surface area contributed by atoms with E-state index in [0.29, 0.717) is 19.0 Å². The predicted octanol–water partition coefficient (Wildman–Crippen LogP) is 1.14. The maximum Gasteiger partial charge on any atom is 0.225 e. The van der Waals surface area contributed by atoms with Gasteiger partial charge in [-0.15, -0.1) is 0 Å². The van der Waals surface area contributed by atoms with Gasteiger partial charge in [0.25, 0.3) is 0 Å². The smallest absolute Gasteiger partial charge is 0.225 e. The van der Waals surface area contributed by atoms with Gasteiger partial charge in [0.1, 0.15) is 0 Å². The van der Waals surface area contributed by atoms with Crippen molar-refractivity contribution in [3.05, 3.63) is 0 Å². The molecule has 2 aliphatic rings. The Morgan fingerprint density at radius 1 is 1.48 bits per heavy atom. The van der Waals surface area contributed by atoms with Crippen LogP contribution in [0.25, 0.3) is 0 Å². The second kappa shape index (κ2) is 6.63. The van der Waals surface area contributed by atoms with Crippen LogP contribution in [-0.2, 0) is 9.53 Å². The van der Waals surface area contributed by atoms with Crippen LogP contribution in [0.1, 0.15) is 46.5 Å². The van der Waals surface area contributed by atoms with E-state index in [1.165, 1.54) is 0 Å². The average molecular weight is 298 g/mol. The van der Waals surface area contributed by atoms with Gasteiger partial charge in [-0.05, 0) is 39.0 Å². The van der Waals surface area contributed by atoms with Crippen molar-refractivity contribution in [2.24, 2.45) is 17.6 Å². The lowest BCUT2D eigenvalue weighted by Crippen LogP contribution is -2.57. The highest BCUT2D eigenvalue weighted by Gasteiger charge is 2.38. The molecule has 0 spiro atoms. The molecule has 1 aliphatic heterocycles. The number of amides is 1. The molecule has 5 heteroatoms. The van der Waals surface area contributed by atoms with Crippen molar-refractivity contribution in [3.63, 3.8) is 0 Å². The molecule has 2 rings (SSSR count). The van der Waals surface area contributed by atoms with E-state index in [-0.39, 0.29) is 30.6 Å². The molecule has 4 unspecified atom stereocenters. The molecule has 0 aromatic rings. The maximum absolute atomic E-state index is 12.8. The highest BCUT2D eigenvalue weighted by Crippen LogP contribution is 2.32. The molecule has 2 fully saturated rings. The van der Waals surface area contributed by atoms with E-state index in [1.54, 1.807) is 0 Å². The Morgan fingerprint density at radius 2 is 2.19 bits per heavy atom. The minimum atomic E-state index is -0.399. The predicted molar refractivity (Wildman–Crippen MR) is 81.7 cm³/mol. The summed E-state index contributed by atoms with van der Waals surface area (Å²) in [6.07, 6.45) is 3.96. The van der Waals surface area contributed by atoms with Crippen LogP contribution in [0.2, 0.25) is 0 Å². The number of hydrogen-bond acceptors (Lipinski definition) is 4. The Hall–Kier alpha value is -0.650. The number of rotatable bonds is 3. The summed E-state index contributed by atoms with van der Waals surface area (Å²) in [5, 5.41) is 9.37. The number of carbonyl (C=O) groups is 1. The molecular formula is C16H30N2O3. The van der Waals surface area contributed by atoms with Gasteiger partial charge in [-0.3, -0.25) is 4.79 Å². The highest BCUT2D eigenvalue weighted by atomic mass is 16.5. The number of carbonyl (C=O) groups excluding carboxylic acids is 1. The van der Waals surface area contributed by atoms with E-state index < -0.39 is 5.60 Å². The van der Waals surface area contributed by atoms with Crippen LogP contribution in [0.3, 0.4) is 0 Å². The number of hydrogen-bond donors (Lipinski definition) is 2. The zero-order valence-corrected chi connectivity index (χ0v) is 13.5. The molecule has 122 valence electrons. The largest absolute Gasteiger partial charge is 0.394 e. The molecular weight excluding hydrogens is 268 g/mol. The van der Waals surface area contributed by atoms with Crippen molar-refractivity contribution in [3.8, 4) is 0 Å². The van der Waals surface area contributed by atoms with Gasteiger partial charge in [-0.1, -0.05) is 13.3 Å². The third-order valence-corrected chi connectivity index (χ3v) is 4.85. The molecule has 1 amide bonds. The third kappa shape index (κ3) is 4.18. The number of morpholine rings is 1. The topological polar surface area (TPSA) is 75.8 Å². The molecule has 21 heavy (non-hydrogen) atoms. The molecule has 1 heterocycles. The highest BCUT2D eigenvalue weighted by molar-refractivity contribution is 5.79. The monoisotopic (exact) mass is 298 g/mol.